The van der Waals surface area contributed by atoms with Gasteiger partial charge in [0.25, 0.3) is 0 Å². The molecule has 1 aromatic carbocycles. The molecule has 1 saturated carbocycles. The maximum atomic E-state index is 5.85. The predicted octanol–water partition coefficient (Wildman–Crippen LogP) is 4.18. The summed E-state index contributed by atoms with van der Waals surface area (Å²) in [5.41, 5.74) is 4.73. The van der Waals surface area contributed by atoms with E-state index in [0.717, 1.165) is 36.4 Å². The summed E-state index contributed by atoms with van der Waals surface area (Å²) >= 11 is 0. The van der Waals surface area contributed by atoms with Gasteiger partial charge >= 0.3 is 0 Å². The van der Waals surface area contributed by atoms with E-state index in [1.54, 1.807) is 0 Å². The SMILES string of the molecule is CO[C@@H]1CCC[C@@]12CCCN(Cc1cnc3c(-c4ccccc4)cnn3c1)C2. The Morgan fingerprint density at radius 2 is 2.00 bits per heavy atom. The van der Waals surface area contributed by atoms with Gasteiger partial charge in [-0.1, -0.05) is 36.8 Å². The number of nitrogens with zero attached hydrogens (tertiary/aromatic N) is 4. The van der Waals surface area contributed by atoms with E-state index in [4.69, 9.17) is 9.72 Å². The van der Waals surface area contributed by atoms with Crippen molar-refractivity contribution < 1.29 is 4.74 Å². The molecule has 5 rings (SSSR count). The molecule has 0 amide bonds. The molecule has 0 bridgehead atoms. The van der Waals surface area contributed by atoms with Crippen LogP contribution in [0, 0.1) is 5.41 Å². The molecule has 1 saturated heterocycles. The molecule has 0 N–H and O–H groups in total. The molecule has 2 aromatic heterocycles. The number of hydrogen-bond donors (Lipinski definition) is 0. The Kier molecular flexibility index (Phi) is 4.65. The fourth-order valence-corrected chi connectivity index (χ4v) is 5.41. The first-order valence-corrected chi connectivity index (χ1v) is 10.4. The van der Waals surface area contributed by atoms with Crippen LogP contribution in [-0.4, -0.2) is 45.8 Å². The van der Waals surface area contributed by atoms with Crippen LogP contribution in [0.25, 0.3) is 16.8 Å². The average molecular weight is 377 g/mol. The van der Waals surface area contributed by atoms with Gasteiger partial charge in [0.15, 0.2) is 5.65 Å². The van der Waals surface area contributed by atoms with Crippen LogP contribution in [0.2, 0.25) is 0 Å². The third kappa shape index (κ3) is 3.12. The third-order valence-electron chi connectivity index (χ3n) is 6.70. The van der Waals surface area contributed by atoms with E-state index in [1.165, 1.54) is 37.7 Å². The van der Waals surface area contributed by atoms with E-state index in [2.05, 4.69) is 40.5 Å². The van der Waals surface area contributed by atoms with E-state index >= 15 is 0 Å². The van der Waals surface area contributed by atoms with Crippen LogP contribution in [-0.2, 0) is 11.3 Å². The van der Waals surface area contributed by atoms with Crippen LogP contribution < -0.4 is 0 Å². The fraction of sp³-hybridized carbons (Fsp3) is 0.478. The molecule has 5 heteroatoms. The smallest absolute Gasteiger partial charge is 0.162 e. The Balaban J connectivity index is 1.36. The lowest BCUT2D eigenvalue weighted by Gasteiger charge is -2.43. The molecule has 3 aromatic rings. The van der Waals surface area contributed by atoms with Gasteiger partial charge in [0.1, 0.15) is 0 Å². The summed E-state index contributed by atoms with van der Waals surface area (Å²) in [6.45, 7) is 3.23. The minimum absolute atomic E-state index is 0.358. The number of likely N-dealkylation sites (tertiary alicyclic amines) is 1. The summed E-state index contributed by atoms with van der Waals surface area (Å²) in [6, 6.07) is 10.3. The van der Waals surface area contributed by atoms with E-state index < -0.39 is 0 Å². The second-order valence-corrected chi connectivity index (χ2v) is 8.45. The lowest BCUT2D eigenvalue weighted by Crippen LogP contribution is -2.47. The Morgan fingerprint density at radius 3 is 2.86 bits per heavy atom. The molecule has 2 atom stereocenters. The van der Waals surface area contributed by atoms with Crippen LogP contribution >= 0.6 is 0 Å². The standard InChI is InChI=1S/C23H28N4O/c1-28-21-9-5-10-23(21)11-6-12-26(17-23)15-18-13-24-22-20(14-25-27(22)16-18)19-7-3-2-4-8-19/h2-4,7-8,13-14,16,21H,5-6,9-12,15,17H2,1H3/t21-,23+/m1/s1. The molecule has 3 heterocycles. The maximum Gasteiger partial charge on any atom is 0.162 e. The lowest BCUT2D eigenvalue weighted by atomic mass is 9.76. The normalized spacial score (nSPS) is 25.7. The number of ether oxygens (including phenoxy) is 1. The van der Waals surface area contributed by atoms with Gasteiger partial charge in [-0.25, -0.2) is 9.50 Å². The van der Waals surface area contributed by atoms with Gasteiger partial charge in [-0.15, -0.1) is 0 Å². The molecule has 5 nitrogen and oxygen atoms in total. The van der Waals surface area contributed by atoms with Gasteiger partial charge in [-0.3, -0.25) is 4.90 Å². The van der Waals surface area contributed by atoms with Gasteiger partial charge in [0.05, 0.1) is 12.3 Å². The molecule has 0 unspecified atom stereocenters. The quantitative estimate of drug-likeness (QED) is 0.685. The Labute approximate surface area is 166 Å². The minimum Gasteiger partial charge on any atom is -0.381 e. The van der Waals surface area contributed by atoms with Crippen molar-refractivity contribution in [2.45, 2.75) is 44.8 Å². The summed E-state index contributed by atoms with van der Waals surface area (Å²) < 4.78 is 7.77. The van der Waals surface area contributed by atoms with Gasteiger partial charge in [0.2, 0.25) is 0 Å². The molecule has 2 aliphatic rings. The van der Waals surface area contributed by atoms with E-state index in [1.807, 2.05) is 30.1 Å². The van der Waals surface area contributed by atoms with E-state index in [-0.39, 0.29) is 0 Å². The van der Waals surface area contributed by atoms with Gasteiger partial charge < -0.3 is 4.74 Å². The Hall–Kier alpha value is -2.24. The highest BCUT2D eigenvalue weighted by atomic mass is 16.5. The third-order valence-corrected chi connectivity index (χ3v) is 6.70. The van der Waals surface area contributed by atoms with Crippen molar-refractivity contribution in [3.05, 3.63) is 54.5 Å². The van der Waals surface area contributed by atoms with E-state index in [0.29, 0.717) is 11.5 Å². The zero-order chi connectivity index (χ0) is 19.0. The largest absolute Gasteiger partial charge is 0.381 e. The number of methoxy groups -OCH3 is 1. The molecular formula is C23H28N4O. The topological polar surface area (TPSA) is 42.7 Å². The summed E-state index contributed by atoms with van der Waals surface area (Å²) in [5.74, 6) is 0. The van der Waals surface area contributed by atoms with Gasteiger partial charge in [0, 0.05) is 49.1 Å². The van der Waals surface area contributed by atoms with Crippen molar-refractivity contribution in [1.29, 1.82) is 0 Å². The molecule has 146 valence electrons. The molecule has 1 spiro atoms. The molecule has 2 fully saturated rings. The highest BCUT2D eigenvalue weighted by Gasteiger charge is 2.45. The predicted molar refractivity (Wildman–Crippen MR) is 110 cm³/mol. The first kappa shape index (κ1) is 17.8. The van der Waals surface area contributed by atoms with Crippen molar-refractivity contribution in [2.75, 3.05) is 20.2 Å². The Morgan fingerprint density at radius 1 is 1.14 bits per heavy atom. The van der Waals surface area contributed by atoms with Crippen molar-refractivity contribution in [1.82, 2.24) is 19.5 Å². The van der Waals surface area contributed by atoms with Crippen LogP contribution in [0.15, 0.2) is 48.9 Å². The zero-order valence-electron chi connectivity index (χ0n) is 16.6. The molecule has 28 heavy (non-hydrogen) atoms. The van der Waals surface area contributed by atoms with Crippen molar-refractivity contribution in [2.24, 2.45) is 5.41 Å². The molecule has 1 aliphatic carbocycles. The van der Waals surface area contributed by atoms with Crippen LogP contribution in [0.1, 0.15) is 37.7 Å². The van der Waals surface area contributed by atoms with Gasteiger partial charge in [-0.2, -0.15) is 5.10 Å². The maximum absolute atomic E-state index is 5.85. The highest BCUT2D eigenvalue weighted by Crippen LogP contribution is 2.46. The summed E-state index contributed by atoms with van der Waals surface area (Å²) in [6.07, 6.45) is 12.9. The summed E-state index contributed by atoms with van der Waals surface area (Å²) in [7, 11) is 1.89. The second-order valence-electron chi connectivity index (χ2n) is 8.45. The van der Waals surface area contributed by atoms with Crippen LogP contribution in [0.5, 0.6) is 0 Å². The number of fused-ring (bicyclic) bond motifs is 1. The Bertz CT molecular complexity index is 954. The van der Waals surface area contributed by atoms with Crippen molar-refractivity contribution in [3.8, 4) is 11.1 Å². The van der Waals surface area contributed by atoms with E-state index in [9.17, 15) is 0 Å². The summed E-state index contributed by atoms with van der Waals surface area (Å²) in [4.78, 5) is 7.34. The molecule has 1 aliphatic heterocycles. The van der Waals surface area contributed by atoms with Crippen LogP contribution in [0.3, 0.4) is 0 Å². The van der Waals surface area contributed by atoms with Crippen molar-refractivity contribution in [3.63, 3.8) is 0 Å². The zero-order valence-corrected chi connectivity index (χ0v) is 16.6. The number of benzene rings is 1. The average Bonchev–Trinajstić information content (AvgIpc) is 3.32. The fourth-order valence-electron chi connectivity index (χ4n) is 5.41. The molecule has 0 radical (unpaired) electrons. The van der Waals surface area contributed by atoms with Gasteiger partial charge in [-0.05, 0) is 37.8 Å². The van der Waals surface area contributed by atoms with Crippen molar-refractivity contribution >= 4 is 5.65 Å². The monoisotopic (exact) mass is 376 g/mol. The summed E-state index contributed by atoms with van der Waals surface area (Å²) in [5, 5.41) is 4.56. The second kappa shape index (κ2) is 7.30. The number of piperidine rings is 1. The lowest BCUT2D eigenvalue weighted by molar-refractivity contribution is -0.0366. The number of rotatable bonds is 4. The first-order chi connectivity index (χ1) is 13.8. The highest BCUT2D eigenvalue weighted by molar-refractivity contribution is 5.76. The first-order valence-electron chi connectivity index (χ1n) is 10.4. The number of aromatic nitrogens is 3. The number of hydrogen-bond acceptors (Lipinski definition) is 4. The minimum atomic E-state index is 0.358. The van der Waals surface area contributed by atoms with Crippen LogP contribution in [0.4, 0.5) is 0 Å². The molecular weight excluding hydrogens is 348 g/mol.